The van der Waals surface area contributed by atoms with E-state index in [1.807, 2.05) is 60.7 Å². The minimum absolute atomic E-state index is 0.0851. The molecule has 1 saturated heterocycles. The summed E-state index contributed by atoms with van der Waals surface area (Å²) >= 11 is 0. The molecular formula is C18H21NO3. The number of hydrogen-bond donors (Lipinski definition) is 1. The van der Waals surface area contributed by atoms with E-state index in [1.54, 1.807) is 0 Å². The molecule has 1 aliphatic rings. The summed E-state index contributed by atoms with van der Waals surface area (Å²) < 4.78 is 17.2. The normalized spacial score (nSPS) is 20.9. The van der Waals surface area contributed by atoms with Crippen LogP contribution in [-0.2, 0) is 9.47 Å². The highest BCUT2D eigenvalue weighted by Gasteiger charge is 2.26. The number of ether oxygens (including phenoxy) is 3. The van der Waals surface area contributed by atoms with Crippen LogP contribution in [0.2, 0.25) is 0 Å². The van der Waals surface area contributed by atoms with Gasteiger partial charge in [-0.3, -0.25) is 0 Å². The molecule has 0 bridgehead atoms. The minimum Gasteiger partial charge on any atom is -0.492 e. The average Bonchev–Trinajstić information content (AvgIpc) is 3.05. The van der Waals surface area contributed by atoms with Crippen molar-refractivity contribution in [1.29, 1.82) is 0 Å². The number of benzene rings is 2. The predicted octanol–water partition coefficient (Wildman–Crippen LogP) is 2.77. The predicted molar refractivity (Wildman–Crippen MR) is 84.8 cm³/mol. The van der Waals surface area contributed by atoms with Crippen LogP contribution in [0.1, 0.15) is 11.9 Å². The number of rotatable bonds is 7. The van der Waals surface area contributed by atoms with Crippen LogP contribution in [0.4, 0.5) is 0 Å². The summed E-state index contributed by atoms with van der Waals surface area (Å²) in [6, 6.07) is 19.9. The average molecular weight is 299 g/mol. The lowest BCUT2D eigenvalue weighted by Gasteiger charge is -2.12. The first-order valence-corrected chi connectivity index (χ1v) is 7.62. The Morgan fingerprint density at radius 3 is 2.50 bits per heavy atom. The van der Waals surface area contributed by atoms with E-state index in [0.29, 0.717) is 13.2 Å². The first kappa shape index (κ1) is 15.0. The molecule has 4 heteroatoms. The Kier molecular flexibility index (Phi) is 5.42. The van der Waals surface area contributed by atoms with E-state index in [0.717, 1.165) is 24.4 Å². The van der Waals surface area contributed by atoms with Gasteiger partial charge in [-0.15, -0.1) is 0 Å². The van der Waals surface area contributed by atoms with Gasteiger partial charge in [-0.05, 0) is 12.1 Å². The molecular weight excluding hydrogens is 278 g/mol. The molecule has 0 aliphatic carbocycles. The van der Waals surface area contributed by atoms with Crippen molar-refractivity contribution >= 4 is 0 Å². The molecule has 2 aromatic carbocycles. The van der Waals surface area contributed by atoms with Gasteiger partial charge < -0.3 is 19.5 Å². The summed E-state index contributed by atoms with van der Waals surface area (Å²) in [4.78, 5) is 0. The van der Waals surface area contributed by atoms with E-state index < -0.39 is 0 Å². The second-order valence-electron chi connectivity index (χ2n) is 5.20. The molecule has 1 fully saturated rings. The standard InChI is InChI=1S/C18H21NO3/c1-3-7-15(8-4-1)18-21-14-17(22-18)13-19-11-12-20-16-9-5-2-6-10-16/h1-10,17-19H,11-14H2/t17?,18-/m0/s1. The Labute approximate surface area is 131 Å². The highest BCUT2D eigenvalue weighted by Crippen LogP contribution is 2.26. The van der Waals surface area contributed by atoms with Gasteiger partial charge >= 0.3 is 0 Å². The summed E-state index contributed by atoms with van der Waals surface area (Å²) in [7, 11) is 0. The molecule has 116 valence electrons. The van der Waals surface area contributed by atoms with Gasteiger partial charge in [-0.2, -0.15) is 0 Å². The van der Waals surface area contributed by atoms with Gasteiger partial charge in [0.25, 0.3) is 0 Å². The quantitative estimate of drug-likeness (QED) is 0.798. The second-order valence-corrected chi connectivity index (χ2v) is 5.20. The Hall–Kier alpha value is -1.88. The number of para-hydroxylation sites is 1. The molecule has 1 N–H and O–H groups in total. The van der Waals surface area contributed by atoms with Gasteiger partial charge in [0.05, 0.1) is 12.7 Å². The Balaban J connectivity index is 1.32. The number of nitrogens with one attached hydrogen (secondary N) is 1. The van der Waals surface area contributed by atoms with Crippen LogP contribution in [0.5, 0.6) is 5.75 Å². The molecule has 1 heterocycles. The molecule has 0 amide bonds. The zero-order valence-electron chi connectivity index (χ0n) is 12.5. The van der Waals surface area contributed by atoms with Gasteiger partial charge in [-0.1, -0.05) is 48.5 Å². The monoisotopic (exact) mass is 299 g/mol. The van der Waals surface area contributed by atoms with E-state index in [1.165, 1.54) is 0 Å². The van der Waals surface area contributed by atoms with E-state index in [4.69, 9.17) is 14.2 Å². The lowest BCUT2D eigenvalue weighted by molar-refractivity contribution is -0.0596. The lowest BCUT2D eigenvalue weighted by atomic mass is 10.2. The van der Waals surface area contributed by atoms with Crippen LogP contribution < -0.4 is 10.1 Å². The van der Waals surface area contributed by atoms with Crippen LogP contribution in [0.15, 0.2) is 60.7 Å². The van der Waals surface area contributed by atoms with Crippen LogP contribution in [0.3, 0.4) is 0 Å². The topological polar surface area (TPSA) is 39.7 Å². The summed E-state index contributed by atoms with van der Waals surface area (Å²) in [6.45, 7) is 2.80. The Morgan fingerprint density at radius 2 is 1.73 bits per heavy atom. The van der Waals surface area contributed by atoms with E-state index >= 15 is 0 Å². The maximum atomic E-state index is 5.89. The molecule has 3 rings (SSSR count). The highest BCUT2D eigenvalue weighted by molar-refractivity contribution is 5.20. The van der Waals surface area contributed by atoms with Gasteiger partial charge in [0.15, 0.2) is 6.29 Å². The van der Waals surface area contributed by atoms with Crippen LogP contribution >= 0.6 is 0 Å². The molecule has 0 saturated carbocycles. The summed E-state index contributed by atoms with van der Waals surface area (Å²) in [5.41, 5.74) is 1.07. The van der Waals surface area contributed by atoms with Crippen molar-refractivity contribution in [3.05, 3.63) is 66.2 Å². The third-order valence-electron chi connectivity index (χ3n) is 3.48. The molecule has 1 aliphatic heterocycles. The van der Waals surface area contributed by atoms with Crippen LogP contribution in [0.25, 0.3) is 0 Å². The summed E-state index contributed by atoms with van der Waals surface area (Å²) in [5.74, 6) is 0.897. The summed E-state index contributed by atoms with van der Waals surface area (Å²) in [6.07, 6.45) is -0.157. The largest absolute Gasteiger partial charge is 0.492 e. The minimum atomic E-state index is -0.242. The third kappa shape index (κ3) is 4.31. The van der Waals surface area contributed by atoms with Crippen molar-refractivity contribution in [2.24, 2.45) is 0 Å². The fourth-order valence-electron chi connectivity index (χ4n) is 2.36. The molecule has 0 radical (unpaired) electrons. The van der Waals surface area contributed by atoms with Crippen molar-refractivity contribution in [1.82, 2.24) is 5.32 Å². The van der Waals surface area contributed by atoms with Crippen LogP contribution in [0, 0.1) is 0 Å². The number of hydrogen-bond acceptors (Lipinski definition) is 4. The van der Waals surface area contributed by atoms with Gasteiger partial charge in [0.1, 0.15) is 12.4 Å². The fraction of sp³-hybridized carbons (Fsp3) is 0.333. The van der Waals surface area contributed by atoms with E-state index in [9.17, 15) is 0 Å². The molecule has 0 spiro atoms. The molecule has 2 atom stereocenters. The summed E-state index contributed by atoms with van der Waals surface area (Å²) in [5, 5.41) is 3.34. The molecule has 2 aromatic rings. The highest BCUT2D eigenvalue weighted by atomic mass is 16.7. The maximum Gasteiger partial charge on any atom is 0.184 e. The van der Waals surface area contributed by atoms with Crippen molar-refractivity contribution < 1.29 is 14.2 Å². The van der Waals surface area contributed by atoms with Crippen molar-refractivity contribution in [2.45, 2.75) is 12.4 Å². The third-order valence-corrected chi connectivity index (χ3v) is 3.48. The van der Waals surface area contributed by atoms with Gasteiger partial charge in [-0.25, -0.2) is 0 Å². The van der Waals surface area contributed by atoms with Crippen LogP contribution in [-0.4, -0.2) is 32.4 Å². The van der Waals surface area contributed by atoms with E-state index in [2.05, 4.69) is 5.32 Å². The molecule has 1 unspecified atom stereocenters. The van der Waals surface area contributed by atoms with E-state index in [-0.39, 0.29) is 12.4 Å². The van der Waals surface area contributed by atoms with Crippen molar-refractivity contribution in [3.8, 4) is 5.75 Å². The van der Waals surface area contributed by atoms with Crippen molar-refractivity contribution in [3.63, 3.8) is 0 Å². The molecule has 22 heavy (non-hydrogen) atoms. The maximum absolute atomic E-state index is 5.89. The molecule has 4 nitrogen and oxygen atoms in total. The Morgan fingerprint density at radius 1 is 1.00 bits per heavy atom. The molecule has 0 aromatic heterocycles. The first-order valence-electron chi connectivity index (χ1n) is 7.62. The zero-order chi connectivity index (χ0) is 15.0. The zero-order valence-corrected chi connectivity index (χ0v) is 12.5. The lowest BCUT2D eigenvalue weighted by Crippen LogP contribution is -2.31. The Bertz CT molecular complexity index is 547. The SMILES string of the molecule is c1ccc(OCCNCC2CO[C@H](c3ccccc3)O2)cc1. The van der Waals surface area contributed by atoms with Crippen molar-refractivity contribution in [2.75, 3.05) is 26.3 Å². The smallest absolute Gasteiger partial charge is 0.184 e. The first-order chi connectivity index (χ1) is 10.9. The van der Waals surface area contributed by atoms with Gasteiger partial charge in [0, 0.05) is 18.7 Å². The van der Waals surface area contributed by atoms with Gasteiger partial charge in [0.2, 0.25) is 0 Å². The second kappa shape index (κ2) is 7.94. The fourth-order valence-corrected chi connectivity index (χ4v) is 2.36.